The summed E-state index contributed by atoms with van der Waals surface area (Å²) in [5.74, 6) is 0. The third-order valence-corrected chi connectivity index (χ3v) is 0. The molecule has 50 valence electrons. The van der Waals surface area contributed by atoms with Gasteiger partial charge in [0.25, 0.3) is 0 Å². The topological polar surface area (TPSA) is 130 Å². The molecule has 0 unspecified atom stereocenters. The summed E-state index contributed by atoms with van der Waals surface area (Å²) in [6.45, 7) is 0. The molecule has 10 heavy (non-hydrogen) atoms. The predicted octanol–water partition coefficient (Wildman–Crippen LogP) is -8.11. The van der Waals surface area contributed by atoms with Crippen molar-refractivity contribution >= 4 is 13.4 Å². The van der Waals surface area contributed by atoms with Gasteiger partial charge in [-0.3, -0.25) is 0 Å². The Kier molecular flexibility index (Phi) is 29.4. The standard InChI is InChI=1S/HNO2.2Na.H2O4Se/c2-1-3;;;1-5(2,3)4/h(H,2,3);;;(H2,1,2,3,4)/q;2*+1;/p-2. The van der Waals surface area contributed by atoms with Gasteiger partial charge >= 0.3 is 88.5 Å². The molecular weight excluding hydrogens is 235 g/mol. The Labute approximate surface area is 103 Å². The van der Waals surface area contributed by atoms with Crippen LogP contribution in [0, 0.1) is 10.1 Å². The molecule has 0 rings (SSSR count). The van der Waals surface area contributed by atoms with Crippen molar-refractivity contribution in [3.63, 3.8) is 0 Å². The van der Waals surface area contributed by atoms with Gasteiger partial charge in [-0.1, -0.05) is 0 Å². The van der Waals surface area contributed by atoms with Gasteiger partial charge in [0.2, 0.25) is 0 Å². The maximum Gasteiger partial charge on any atom is 1.00 e. The van der Waals surface area contributed by atoms with Crippen molar-refractivity contribution in [1.29, 1.82) is 0 Å². The summed E-state index contributed by atoms with van der Waals surface area (Å²) in [4.78, 5) is 8.00. The molecule has 0 atom stereocenters. The van der Waals surface area contributed by atoms with Crippen LogP contribution in [-0.2, 0) is 7.67 Å². The van der Waals surface area contributed by atoms with Gasteiger partial charge in [0, 0.05) is 0 Å². The van der Waals surface area contributed by atoms with Crippen molar-refractivity contribution in [2.24, 2.45) is 5.34 Å². The van der Waals surface area contributed by atoms with Crippen molar-refractivity contribution in [2.45, 2.75) is 0 Å². The average Bonchev–Trinajstić information content (AvgIpc) is 1.27. The summed E-state index contributed by atoms with van der Waals surface area (Å²) in [5.41, 5.74) is 0. The van der Waals surface area contributed by atoms with Gasteiger partial charge < -0.3 is 10.1 Å². The van der Waals surface area contributed by atoms with E-state index >= 15 is 0 Å². The molecule has 0 saturated heterocycles. The van der Waals surface area contributed by atoms with Gasteiger partial charge in [0.15, 0.2) is 0 Å². The minimum absolute atomic E-state index is 0. The Balaban J connectivity index is -0.0000000326. The minimum Gasteiger partial charge on any atom is 1.00 e. The van der Waals surface area contributed by atoms with Crippen LogP contribution in [0.15, 0.2) is 5.34 Å². The second-order valence-corrected chi connectivity index (χ2v) is 2.30. The van der Waals surface area contributed by atoms with Crippen molar-refractivity contribution < 1.29 is 75.2 Å². The van der Waals surface area contributed by atoms with E-state index in [1.807, 2.05) is 0 Å². The van der Waals surface area contributed by atoms with Crippen LogP contribution in [0.4, 0.5) is 0 Å². The normalized spacial score (nSPS) is 7.00. The Morgan fingerprint density at radius 3 is 1.30 bits per heavy atom. The summed E-state index contributed by atoms with van der Waals surface area (Å²) in [6, 6.07) is 0. The van der Waals surface area contributed by atoms with E-state index in [1.165, 1.54) is 0 Å². The Morgan fingerprint density at radius 1 is 1.30 bits per heavy atom. The molecule has 0 aliphatic heterocycles. The van der Waals surface area contributed by atoms with E-state index in [4.69, 9.17) is 26.2 Å². The second kappa shape index (κ2) is 13.1. The molecule has 0 aromatic heterocycles. The SMILES string of the molecule is O=N[O-].O=[Se](=O)([O-])O.[Na+].[Na+]. The molecule has 0 saturated carbocycles. The molecule has 0 spiro atoms. The van der Waals surface area contributed by atoms with E-state index in [-0.39, 0.29) is 59.1 Å². The Morgan fingerprint density at radius 2 is 1.30 bits per heavy atom. The largest absolute Gasteiger partial charge is 1.00 e. The molecule has 0 radical (unpaired) electrons. The van der Waals surface area contributed by atoms with Crippen LogP contribution in [0.5, 0.6) is 0 Å². The van der Waals surface area contributed by atoms with Crippen molar-refractivity contribution in [3.8, 4) is 0 Å². The first-order valence-electron chi connectivity index (χ1n) is 1.05. The van der Waals surface area contributed by atoms with E-state index in [2.05, 4.69) is 0 Å². The molecular formula is HNNa2O6Se. The van der Waals surface area contributed by atoms with Gasteiger partial charge in [-0.05, 0) is 0 Å². The van der Waals surface area contributed by atoms with Crippen LogP contribution in [0.1, 0.15) is 0 Å². The third-order valence-electron chi connectivity index (χ3n) is 0. The minimum atomic E-state index is -5.50. The molecule has 10 heteroatoms. The molecule has 1 N–H and O–H groups in total. The maximum absolute atomic E-state index is 8.70. The smallest absolute Gasteiger partial charge is 1.00 e. The fourth-order valence-electron chi connectivity index (χ4n) is 0. The van der Waals surface area contributed by atoms with E-state index in [0.29, 0.717) is 0 Å². The molecule has 0 amide bonds. The van der Waals surface area contributed by atoms with Crippen LogP contribution in [0.25, 0.3) is 0 Å². The molecule has 0 aliphatic rings. The molecule has 0 aromatic rings. The zero-order chi connectivity index (χ0) is 7.21. The maximum atomic E-state index is 8.70. The van der Waals surface area contributed by atoms with Gasteiger partial charge in [0.05, 0.1) is 0 Å². The van der Waals surface area contributed by atoms with E-state index in [0.717, 1.165) is 5.34 Å². The second-order valence-electron chi connectivity index (χ2n) is 0.502. The van der Waals surface area contributed by atoms with Crippen molar-refractivity contribution in [1.82, 2.24) is 0 Å². The van der Waals surface area contributed by atoms with Crippen molar-refractivity contribution in [2.75, 3.05) is 0 Å². The summed E-state index contributed by atoms with van der Waals surface area (Å²) in [7, 11) is 0. The monoisotopic (exact) mass is 237 g/mol. The fraction of sp³-hybridized carbons (Fsp3) is 0. The van der Waals surface area contributed by atoms with Gasteiger partial charge in [-0.25, -0.2) is 0 Å². The number of hydrogen-bond acceptors (Lipinski definition) is 6. The molecule has 0 aromatic carbocycles. The molecule has 0 fully saturated rings. The fourth-order valence-corrected chi connectivity index (χ4v) is 0. The van der Waals surface area contributed by atoms with Crippen LogP contribution < -0.4 is 63.3 Å². The van der Waals surface area contributed by atoms with Gasteiger partial charge in [0.1, 0.15) is 0 Å². The quantitative estimate of drug-likeness (QED) is 0.252. The first kappa shape index (κ1) is 22.5. The van der Waals surface area contributed by atoms with Crippen LogP contribution in [0.2, 0.25) is 0 Å². The third kappa shape index (κ3) is 324. The summed E-state index contributed by atoms with van der Waals surface area (Å²) in [6.07, 6.45) is 0. The predicted molar refractivity (Wildman–Crippen MR) is 18.5 cm³/mol. The van der Waals surface area contributed by atoms with Crippen molar-refractivity contribution in [3.05, 3.63) is 10.1 Å². The molecule has 7 nitrogen and oxygen atoms in total. The average molecular weight is 236 g/mol. The van der Waals surface area contributed by atoms with Gasteiger partial charge in [-0.2, -0.15) is 0 Å². The Bertz CT molecular complexity index is 130. The van der Waals surface area contributed by atoms with E-state index in [9.17, 15) is 0 Å². The van der Waals surface area contributed by atoms with Crippen LogP contribution in [0.3, 0.4) is 0 Å². The number of hydrogen-bond donors (Lipinski definition) is 1. The first-order valence-corrected chi connectivity index (χ1v) is 3.91. The van der Waals surface area contributed by atoms with Gasteiger partial charge in [-0.15, -0.1) is 5.34 Å². The number of nitrogens with zero attached hydrogens (tertiary/aromatic N) is 1. The summed E-state index contributed by atoms with van der Waals surface area (Å²) < 4.78 is 33.1. The first-order chi connectivity index (χ1) is 3.41. The molecule has 0 bridgehead atoms. The van der Waals surface area contributed by atoms with E-state index < -0.39 is 13.4 Å². The summed E-state index contributed by atoms with van der Waals surface area (Å²) >= 11 is -5.50. The van der Waals surface area contributed by atoms with E-state index in [1.54, 1.807) is 0 Å². The zero-order valence-corrected chi connectivity index (χ0v) is 11.1. The van der Waals surface area contributed by atoms with Crippen LogP contribution in [-0.4, -0.2) is 17.6 Å². The molecule has 0 heterocycles. The van der Waals surface area contributed by atoms with Crippen LogP contribution >= 0.6 is 0 Å². The zero-order valence-electron chi connectivity index (χ0n) is 5.34. The molecule has 0 aliphatic carbocycles. The number of rotatable bonds is 0. The summed E-state index contributed by atoms with van der Waals surface area (Å²) in [5, 5.41) is 9.00. The Hall–Kier alpha value is 1.44.